The number of halogens is 3. The maximum Gasteiger partial charge on any atom is 0.394 e. The third kappa shape index (κ3) is 2.48. The molecule has 0 saturated heterocycles. The largest absolute Gasteiger partial charge is 0.394 e. The monoisotopic (exact) mass is 204 g/mol. The van der Waals surface area contributed by atoms with Crippen LogP contribution in [0, 0.1) is 5.92 Å². The van der Waals surface area contributed by atoms with E-state index in [0.717, 1.165) is 6.92 Å². The molecule has 2 atom stereocenters. The SMILES string of the molecule is C[C@H]([C@H](O)c1ccccc1)C(F)(F)F. The molecule has 1 nitrogen and oxygen atoms in total. The quantitative estimate of drug-likeness (QED) is 0.785. The number of hydrogen-bond acceptors (Lipinski definition) is 1. The molecule has 0 aromatic heterocycles. The van der Waals surface area contributed by atoms with Gasteiger partial charge in [-0.2, -0.15) is 13.2 Å². The molecule has 14 heavy (non-hydrogen) atoms. The lowest BCUT2D eigenvalue weighted by molar-refractivity contribution is -0.195. The molecular formula is C10H11F3O. The summed E-state index contributed by atoms with van der Waals surface area (Å²) in [6.07, 6.45) is -5.86. The maximum absolute atomic E-state index is 12.2. The second kappa shape index (κ2) is 4.00. The lowest BCUT2D eigenvalue weighted by atomic mass is 9.97. The fourth-order valence-electron chi connectivity index (χ4n) is 1.12. The van der Waals surface area contributed by atoms with E-state index in [0.29, 0.717) is 0 Å². The lowest BCUT2D eigenvalue weighted by Crippen LogP contribution is -2.26. The van der Waals surface area contributed by atoms with Crippen LogP contribution in [-0.2, 0) is 0 Å². The molecule has 0 fully saturated rings. The van der Waals surface area contributed by atoms with Gasteiger partial charge < -0.3 is 5.11 Å². The van der Waals surface area contributed by atoms with Gasteiger partial charge in [0.25, 0.3) is 0 Å². The summed E-state index contributed by atoms with van der Waals surface area (Å²) in [5.74, 6) is -1.75. The van der Waals surface area contributed by atoms with Crippen LogP contribution < -0.4 is 0 Å². The van der Waals surface area contributed by atoms with Crippen LogP contribution in [0.1, 0.15) is 18.6 Å². The number of rotatable bonds is 2. The molecule has 0 unspecified atom stereocenters. The molecule has 1 aromatic carbocycles. The first-order chi connectivity index (χ1) is 6.43. The fraction of sp³-hybridized carbons (Fsp3) is 0.400. The molecule has 78 valence electrons. The number of benzene rings is 1. The Morgan fingerprint density at radius 3 is 2.07 bits per heavy atom. The first-order valence-electron chi connectivity index (χ1n) is 4.22. The van der Waals surface area contributed by atoms with Crippen molar-refractivity contribution >= 4 is 0 Å². The van der Waals surface area contributed by atoms with Crippen LogP contribution in [0.5, 0.6) is 0 Å². The van der Waals surface area contributed by atoms with Crippen molar-refractivity contribution in [2.45, 2.75) is 19.2 Å². The minimum atomic E-state index is -4.37. The average molecular weight is 204 g/mol. The van der Waals surface area contributed by atoms with Gasteiger partial charge in [-0.25, -0.2) is 0 Å². The summed E-state index contributed by atoms with van der Waals surface area (Å²) in [6, 6.07) is 7.84. The highest BCUT2D eigenvalue weighted by molar-refractivity contribution is 5.18. The molecule has 1 N–H and O–H groups in total. The minimum absolute atomic E-state index is 0.289. The van der Waals surface area contributed by atoms with Crippen molar-refractivity contribution in [1.29, 1.82) is 0 Å². The van der Waals surface area contributed by atoms with Crippen LogP contribution in [-0.4, -0.2) is 11.3 Å². The van der Waals surface area contributed by atoms with E-state index in [2.05, 4.69) is 0 Å². The van der Waals surface area contributed by atoms with Gasteiger partial charge in [0.1, 0.15) is 0 Å². The Morgan fingerprint density at radius 2 is 1.64 bits per heavy atom. The first-order valence-corrected chi connectivity index (χ1v) is 4.22. The molecule has 0 radical (unpaired) electrons. The lowest BCUT2D eigenvalue weighted by Gasteiger charge is -2.21. The highest BCUT2D eigenvalue weighted by Gasteiger charge is 2.41. The standard InChI is InChI=1S/C10H11F3O/c1-7(10(11,12)13)9(14)8-5-3-2-4-6-8/h2-7,9,14H,1H3/t7-,9+/m1/s1. The zero-order valence-corrected chi connectivity index (χ0v) is 7.62. The van der Waals surface area contributed by atoms with Crippen molar-refractivity contribution in [2.75, 3.05) is 0 Å². The van der Waals surface area contributed by atoms with Gasteiger partial charge in [0.05, 0.1) is 12.0 Å². The van der Waals surface area contributed by atoms with Crippen molar-refractivity contribution in [1.82, 2.24) is 0 Å². The summed E-state index contributed by atoms with van der Waals surface area (Å²) in [5.41, 5.74) is 0.289. The summed E-state index contributed by atoms with van der Waals surface area (Å²) in [4.78, 5) is 0. The van der Waals surface area contributed by atoms with E-state index in [9.17, 15) is 18.3 Å². The summed E-state index contributed by atoms with van der Waals surface area (Å²) in [6.45, 7) is 0.970. The molecule has 0 aliphatic carbocycles. The van der Waals surface area contributed by atoms with Gasteiger partial charge in [0.15, 0.2) is 0 Å². The van der Waals surface area contributed by atoms with Crippen molar-refractivity contribution in [2.24, 2.45) is 5.92 Å². The van der Waals surface area contributed by atoms with Crippen LogP contribution in [0.15, 0.2) is 30.3 Å². The normalized spacial score (nSPS) is 16.4. The zero-order valence-electron chi connectivity index (χ0n) is 7.62. The van der Waals surface area contributed by atoms with Crippen molar-refractivity contribution in [3.63, 3.8) is 0 Å². The van der Waals surface area contributed by atoms with Gasteiger partial charge >= 0.3 is 6.18 Å². The number of alkyl halides is 3. The van der Waals surface area contributed by atoms with E-state index >= 15 is 0 Å². The van der Waals surface area contributed by atoms with Gasteiger partial charge in [-0.05, 0) is 5.56 Å². The third-order valence-electron chi connectivity index (χ3n) is 2.13. The summed E-state index contributed by atoms with van der Waals surface area (Å²) in [5, 5.41) is 9.40. The Kier molecular flexibility index (Phi) is 3.16. The maximum atomic E-state index is 12.2. The molecular weight excluding hydrogens is 193 g/mol. The highest BCUT2D eigenvalue weighted by Crippen LogP contribution is 2.35. The Hall–Kier alpha value is -1.03. The molecule has 0 heterocycles. The van der Waals surface area contributed by atoms with Crippen molar-refractivity contribution < 1.29 is 18.3 Å². The molecule has 1 aromatic rings. The Bertz CT molecular complexity index is 281. The highest BCUT2D eigenvalue weighted by atomic mass is 19.4. The molecule has 0 saturated carbocycles. The number of aliphatic hydroxyl groups excluding tert-OH is 1. The van der Waals surface area contributed by atoms with Crippen LogP contribution >= 0.6 is 0 Å². The van der Waals surface area contributed by atoms with Crippen LogP contribution in [0.3, 0.4) is 0 Å². The topological polar surface area (TPSA) is 20.2 Å². The van der Waals surface area contributed by atoms with E-state index in [1.165, 1.54) is 12.1 Å². The van der Waals surface area contributed by atoms with Crippen LogP contribution in [0.4, 0.5) is 13.2 Å². The minimum Gasteiger partial charge on any atom is -0.388 e. The van der Waals surface area contributed by atoms with Gasteiger partial charge in [0.2, 0.25) is 0 Å². The van der Waals surface area contributed by atoms with E-state index in [1.54, 1.807) is 18.2 Å². The molecule has 0 amide bonds. The smallest absolute Gasteiger partial charge is 0.388 e. The molecule has 0 spiro atoms. The molecule has 1 rings (SSSR count). The van der Waals surface area contributed by atoms with Crippen LogP contribution in [0.2, 0.25) is 0 Å². The van der Waals surface area contributed by atoms with Gasteiger partial charge in [0, 0.05) is 0 Å². The van der Waals surface area contributed by atoms with E-state index in [4.69, 9.17) is 0 Å². The summed E-state index contributed by atoms with van der Waals surface area (Å²) < 4.78 is 36.7. The average Bonchev–Trinajstić information content (AvgIpc) is 2.15. The van der Waals surface area contributed by atoms with Crippen LogP contribution in [0.25, 0.3) is 0 Å². The predicted octanol–water partition coefficient (Wildman–Crippen LogP) is 2.92. The number of aliphatic hydroxyl groups is 1. The van der Waals surface area contributed by atoms with E-state index in [1.807, 2.05) is 0 Å². The first kappa shape index (κ1) is 11.0. The molecule has 0 aliphatic heterocycles. The Labute approximate surface area is 80.2 Å². The summed E-state index contributed by atoms with van der Waals surface area (Å²) in [7, 11) is 0. The number of hydrogen-bond donors (Lipinski definition) is 1. The van der Waals surface area contributed by atoms with Crippen molar-refractivity contribution in [3.05, 3.63) is 35.9 Å². The third-order valence-corrected chi connectivity index (χ3v) is 2.13. The molecule has 0 aliphatic rings. The van der Waals surface area contributed by atoms with Crippen molar-refractivity contribution in [3.8, 4) is 0 Å². The molecule has 0 bridgehead atoms. The predicted molar refractivity (Wildman–Crippen MR) is 46.6 cm³/mol. The Balaban J connectivity index is 2.81. The van der Waals surface area contributed by atoms with E-state index in [-0.39, 0.29) is 5.56 Å². The van der Waals surface area contributed by atoms with Gasteiger partial charge in [-0.15, -0.1) is 0 Å². The second-order valence-electron chi connectivity index (χ2n) is 3.19. The van der Waals surface area contributed by atoms with Gasteiger partial charge in [-0.1, -0.05) is 37.3 Å². The Morgan fingerprint density at radius 1 is 1.14 bits per heavy atom. The second-order valence-corrected chi connectivity index (χ2v) is 3.19. The van der Waals surface area contributed by atoms with E-state index < -0.39 is 18.2 Å². The van der Waals surface area contributed by atoms with Gasteiger partial charge in [-0.3, -0.25) is 0 Å². The fourth-order valence-corrected chi connectivity index (χ4v) is 1.12. The zero-order chi connectivity index (χ0) is 10.8. The summed E-state index contributed by atoms with van der Waals surface area (Å²) >= 11 is 0. The molecule has 4 heteroatoms.